The number of rotatable bonds is 6. The predicted octanol–water partition coefficient (Wildman–Crippen LogP) is 3.93. The molecule has 2 rings (SSSR count). The van der Waals surface area contributed by atoms with Crippen molar-refractivity contribution in [3.05, 3.63) is 15.8 Å². The number of nitrogens with zero attached hydrogens (tertiary/aromatic N) is 2. The van der Waals surface area contributed by atoms with Gasteiger partial charge in [0.1, 0.15) is 10.9 Å². The maximum atomic E-state index is 13.9. The van der Waals surface area contributed by atoms with Crippen LogP contribution in [0.25, 0.3) is 0 Å². The van der Waals surface area contributed by atoms with Gasteiger partial charge in [0.05, 0.1) is 23.8 Å². The first-order valence-corrected chi connectivity index (χ1v) is 12.6. The molecule has 8 heteroatoms. The van der Waals surface area contributed by atoms with Gasteiger partial charge >= 0.3 is 5.97 Å². The van der Waals surface area contributed by atoms with Gasteiger partial charge in [-0.3, -0.25) is 14.5 Å². The standard InChI is InChI=1S/C26H38N2O5S/c1-16-9-11-18(12-10-16)23(30)28(21(17(2)29)24(31)27(6)7)20-15-19(13-14-26(3,4)5)34-22(20)25(32)33-8/h15-18,21,29H,9-12H2,1-8H3/t16-,17-,18-,21+/m1/s1. The highest BCUT2D eigenvalue weighted by molar-refractivity contribution is 7.15. The number of methoxy groups -OCH3 is 1. The summed E-state index contributed by atoms with van der Waals surface area (Å²) < 4.78 is 5.00. The molecular formula is C26H38N2O5S. The number of amides is 2. The number of hydrogen-bond acceptors (Lipinski definition) is 6. The lowest BCUT2D eigenvalue weighted by Gasteiger charge is -2.37. The number of carbonyl (C=O) groups is 3. The molecule has 1 heterocycles. The third-order valence-corrected chi connectivity index (χ3v) is 6.95. The lowest BCUT2D eigenvalue weighted by molar-refractivity contribution is -0.136. The summed E-state index contributed by atoms with van der Waals surface area (Å²) in [5.74, 6) is 5.20. The topological polar surface area (TPSA) is 87.2 Å². The molecule has 1 aliphatic rings. The molecule has 0 unspecified atom stereocenters. The summed E-state index contributed by atoms with van der Waals surface area (Å²) in [6.07, 6.45) is 2.08. The van der Waals surface area contributed by atoms with E-state index >= 15 is 0 Å². The van der Waals surface area contributed by atoms with Crippen LogP contribution in [0.5, 0.6) is 0 Å². The van der Waals surface area contributed by atoms with E-state index in [4.69, 9.17) is 4.74 Å². The summed E-state index contributed by atoms with van der Waals surface area (Å²) in [4.78, 5) is 43.3. The maximum Gasteiger partial charge on any atom is 0.350 e. The molecule has 0 spiro atoms. The van der Waals surface area contributed by atoms with Crippen molar-refractivity contribution in [2.24, 2.45) is 17.3 Å². The molecule has 1 fully saturated rings. The number of carbonyl (C=O) groups excluding carboxylic acids is 3. The van der Waals surface area contributed by atoms with E-state index in [9.17, 15) is 19.5 Å². The Morgan fingerprint density at radius 2 is 1.76 bits per heavy atom. The van der Waals surface area contributed by atoms with Gasteiger partial charge in [0.2, 0.25) is 11.8 Å². The van der Waals surface area contributed by atoms with Crippen molar-refractivity contribution in [3.8, 4) is 11.8 Å². The molecule has 2 atom stereocenters. The van der Waals surface area contributed by atoms with Crippen LogP contribution < -0.4 is 4.90 Å². The highest BCUT2D eigenvalue weighted by atomic mass is 32.1. The predicted molar refractivity (Wildman–Crippen MR) is 135 cm³/mol. The minimum absolute atomic E-state index is 0.190. The van der Waals surface area contributed by atoms with Gasteiger partial charge in [-0.1, -0.05) is 18.8 Å². The fourth-order valence-corrected chi connectivity index (χ4v) is 4.94. The van der Waals surface area contributed by atoms with Crippen molar-refractivity contribution < 1.29 is 24.2 Å². The minimum atomic E-state index is -1.18. The number of esters is 1. The fourth-order valence-electron chi connectivity index (χ4n) is 4.02. The van der Waals surface area contributed by atoms with E-state index < -0.39 is 24.0 Å². The summed E-state index contributed by atoms with van der Waals surface area (Å²) >= 11 is 1.13. The SMILES string of the molecule is COC(=O)c1sc(C#CC(C)(C)C)cc1N(C(=O)[C@H]1CC[C@H](C)CC1)[C@H](C(=O)N(C)C)[C@@H](C)O. The van der Waals surface area contributed by atoms with Crippen molar-refractivity contribution >= 4 is 34.8 Å². The van der Waals surface area contributed by atoms with Crippen molar-refractivity contribution in [3.63, 3.8) is 0 Å². The first kappa shape index (κ1) is 27.9. The van der Waals surface area contributed by atoms with Crippen LogP contribution in [-0.4, -0.2) is 61.1 Å². The number of hydrogen-bond donors (Lipinski definition) is 1. The van der Waals surface area contributed by atoms with Crippen LogP contribution in [0.1, 0.15) is 74.9 Å². The number of ether oxygens (including phenoxy) is 1. The van der Waals surface area contributed by atoms with Crippen LogP contribution in [0.15, 0.2) is 6.07 Å². The van der Waals surface area contributed by atoms with Crippen molar-refractivity contribution in [2.75, 3.05) is 26.1 Å². The number of anilines is 1. The summed E-state index contributed by atoms with van der Waals surface area (Å²) in [5.41, 5.74) is 0.00666. The van der Waals surface area contributed by atoms with Crippen molar-refractivity contribution in [1.82, 2.24) is 4.90 Å². The highest BCUT2D eigenvalue weighted by Crippen LogP contribution is 2.37. The van der Waals surface area contributed by atoms with Crippen LogP contribution in [-0.2, 0) is 14.3 Å². The quantitative estimate of drug-likeness (QED) is 0.482. The Kier molecular flexibility index (Phi) is 9.32. The third kappa shape index (κ3) is 6.83. The largest absolute Gasteiger partial charge is 0.465 e. The second kappa shape index (κ2) is 11.4. The van der Waals surface area contributed by atoms with Crippen LogP contribution in [0.4, 0.5) is 5.69 Å². The molecule has 1 aliphatic carbocycles. The van der Waals surface area contributed by atoms with Crippen molar-refractivity contribution in [2.45, 2.75) is 72.4 Å². The Morgan fingerprint density at radius 3 is 2.24 bits per heavy atom. The van der Waals surface area contributed by atoms with Gasteiger partial charge in [-0.05, 0) is 65.4 Å². The van der Waals surface area contributed by atoms with Gasteiger partial charge in [-0.25, -0.2) is 4.79 Å². The molecular weight excluding hydrogens is 452 g/mol. The van der Waals surface area contributed by atoms with E-state index in [1.54, 1.807) is 20.2 Å². The number of aliphatic hydroxyl groups is 1. The molecule has 0 aliphatic heterocycles. The van der Waals surface area contributed by atoms with Crippen LogP contribution in [0.2, 0.25) is 0 Å². The molecule has 0 bridgehead atoms. The molecule has 1 saturated carbocycles. The van der Waals surface area contributed by atoms with Crippen LogP contribution in [0.3, 0.4) is 0 Å². The molecule has 7 nitrogen and oxygen atoms in total. The lowest BCUT2D eigenvalue weighted by Crippen LogP contribution is -2.56. The molecule has 188 valence electrons. The fraction of sp³-hybridized carbons (Fsp3) is 0.654. The zero-order chi connectivity index (χ0) is 25.8. The smallest absolute Gasteiger partial charge is 0.350 e. The van der Waals surface area contributed by atoms with Crippen LogP contribution in [0, 0.1) is 29.1 Å². The Labute approximate surface area is 207 Å². The highest BCUT2D eigenvalue weighted by Gasteiger charge is 2.41. The molecule has 0 saturated heterocycles. The van der Waals surface area contributed by atoms with Crippen molar-refractivity contribution in [1.29, 1.82) is 0 Å². The van der Waals surface area contributed by atoms with Gasteiger partial charge in [-0.2, -0.15) is 0 Å². The molecule has 0 radical (unpaired) electrons. The molecule has 1 aromatic heterocycles. The molecule has 2 amide bonds. The van der Waals surface area contributed by atoms with E-state index in [0.29, 0.717) is 23.6 Å². The Balaban J connectivity index is 2.70. The first-order valence-electron chi connectivity index (χ1n) is 11.7. The van der Waals surface area contributed by atoms with E-state index in [1.165, 1.54) is 23.8 Å². The van der Waals surface area contributed by atoms with E-state index in [1.807, 2.05) is 20.8 Å². The first-order chi connectivity index (χ1) is 15.8. The van der Waals surface area contributed by atoms with E-state index in [-0.39, 0.29) is 27.8 Å². The van der Waals surface area contributed by atoms with E-state index in [0.717, 1.165) is 24.2 Å². The number of aliphatic hydroxyl groups excluding tert-OH is 1. The normalized spacial score (nSPS) is 19.9. The lowest BCUT2D eigenvalue weighted by atomic mass is 9.82. The maximum absolute atomic E-state index is 13.9. The zero-order valence-electron chi connectivity index (χ0n) is 21.6. The van der Waals surface area contributed by atoms with Gasteiger partial charge in [0.25, 0.3) is 0 Å². The Morgan fingerprint density at radius 1 is 1.18 bits per heavy atom. The van der Waals surface area contributed by atoms with Gasteiger partial charge in [-0.15, -0.1) is 11.3 Å². The van der Waals surface area contributed by atoms with Gasteiger partial charge in [0.15, 0.2) is 0 Å². The number of thiophene rings is 1. The molecule has 0 aromatic carbocycles. The van der Waals surface area contributed by atoms with E-state index in [2.05, 4.69) is 18.8 Å². The summed E-state index contributed by atoms with van der Waals surface area (Å²) in [6, 6.07) is 0.487. The summed E-state index contributed by atoms with van der Waals surface area (Å²) in [6.45, 7) is 9.60. The second-order valence-corrected chi connectivity index (χ2v) is 11.5. The summed E-state index contributed by atoms with van der Waals surface area (Å²) in [7, 11) is 4.44. The Hall–Kier alpha value is -2.37. The summed E-state index contributed by atoms with van der Waals surface area (Å²) in [5, 5.41) is 10.7. The zero-order valence-corrected chi connectivity index (χ0v) is 22.4. The molecule has 34 heavy (non-hydrogen) atoms. The number of likely N-dealkylation sites (N-methyl/N-ethyl adjacent to an activating group) is 1. The molecule has 1 N–H and O–H groups in total. The van der Waals surface area contributed by atoms with Gasteiger partial charge < -0.3 is 14.7 Å². The minimum Gasteiger partial charge on any atom is -0.465 e. The van der Waals surface area contributed by atoms with Gasteiger partial charge in [0, 0.05) is 25.4 Å². The second-order valence-electron chi connectivity index (χ2n) is 10.4. The monoisotopic (exact) mass is 490 g/mol. The molecule has 1 aromatic rings. The Bertz CT molecular complexity index is 956. The average molecular weight is 491 g/mol. The third-order valence-electron chi connectivity index (χ3n) is 5.93. The van der Waals surface area contributed by atoms with Crippen LogP contribution >= 0.6 is 11.3 Å². The average Bonchev–Trinajstić information content (AvgIpc) is 3.18.